The molecule has 1 heterocycles. The van der Waals surface area contributed by atoms with Crippen molar-refractivity contribution in [2.24, 2.45) is 0 Å². The Labute approximate surface area is 194 Å². The highest BCUT2D eigenvalue weighted by atomic mass is 32.2. The average Bonchev–Trinajstić information content (AvgIpc) is 3.49. The van der Waals surface area contributed by atoms with Gasteiger partial charge in [-0.15, -0.1) is 0 Å². The first-order chi connectivity index (χ1) is 15.9. The van der Waals surface area contributed by atoms with E-state index >= 15 is 0 Å². The van der Waals surface area contributed by atoms with Crippen LogP contribution < -0.4 is 10.1 Å². The molecule has 7 nitrogen and oxygen atoms in total. The second kappa shape index (κ2) is 9.79. The predicted molar refractivity (Wildman–Crippen MR) is 130 cm³/mol. The molecule has 1 aromatic heterocycles. The van der Waals surface area contributed by atoms with Gasteiger partial charge in [0.05, 0.1) is 29.5 Å². The number of para-hydroxylation sites is 1. The molecule has 2 aromatic carbocycles. The number of rotatable bonds is 8. The number of ether oxygens (including phenoxy) is 1. The fourth-order valence-corrected chi connectivity index (χ4v) is 6.05. The van der Waals surface area contributed by atoms with Crippen LogP contribution in [0.2, 0.25) is 0 Å². The van der Waals surface area contributed by atoms with Gasteiger partial charge in [-0.1, -0.05) is 42.7 Å². The van der Waals surface area contributed by atoms with E-state index in [1.54, 1.807) is 17.9 Å². The number of anilines is 1. The first-order valence-corrected chi connectivity index (χ1v) is 12.9. The number of hydrogen-bond acceptors (Lipinski definition) is 5. The van der Waals surface area contributed by atoms with Crippen molar-refractivity contribution in [3.63, 3.8) is 0 Å². The molecule has 1 N–H and O–H groups in total. The van der Waals surface area contributed by atoms with Gasteiger partial charge in [0.1, 0.15) is 11.6 Å². The van der Waals surface area contributed by atoms with Gasteiger partial charge in [0.25, 0.3) is 0 Å². The number of sulfone groups is 1. The number of amides is 1. The van der Waals surface area contributed by atoms with E-state index in [2.05, 4.69) is 5.32 Å². The standard InChI is InChI=1S/C25H29N3O4S/c1-18-11-13-19(14-12-18)28-24(17-22(27-28)21-9-5-6-10-23(21)32-2)26-25(29)15-16-33(30,31)20-7-3-4-8-20/h5-6,9-14,17,20H,3-4,7-8,15-16H2,1-2H3,(H,26,29). The number of nitrogens with one attached hydrogen (secondary N) is 1. The van der Waals surface area contributed by atoms with Crippen LogP contribution in [0.1, 0.15) is 37.7 Å². The van der Waals surface area contributed by atoms with Crippen LogP contribution in [0.4, 0.5) is 5.82 Å². The van der Waals surface area contributed by atoms with E-state index in [0.29, 0.717) is 30.1 Å². The average molecular weight is 468 g/mol. The fraction of sp³-hybridized carbons (Fsp3) is 0.360. The molecule has 0 bridgehead atoms. The lowest BCUT2D eigenvalue weighted by molar-refractivity contribution is -0.115. The van der Waals surface area contributed by atoms with Gasteiger partial charge in [0.2, 0.25) is 5.91 Å². The molecule has 1 aliphatic rings. The summed E-state index contributed by atoms with van der Waals surface area (Å²) in [6, 6.07) is 17.1. The minimum atomic E-state index is -3.26. The topological polar surface area (TPSA) is 90.3 Å². The highest BCUT2D eigenvalue weighted by molar-refractivity contribution is 7.92. The molecule has 0 aliphatic heterocycles. The summed E-state index contributed by atoms with van der Waals surface area (Å²) in [6.07, 6.45) is 3.20. The third-order valence-electron chi connectivity index (χ3n) is 6.06. The number of hydrogen-bond donors (Lipinski definition) is 1. The van der Waals surface area contributed by atoms with Crippen molar-refractivity contribution in [2.75, 3.05) is 18.2 Å². The quantitative estimate of drug-likeness (QED) is 0.525. The van der Waals surface area contributed by atoms with E-state index in [-0.39, 0.29) is 23.3 Å². The summed E-state index contributed by atoms with van der Waals surface area (Å²) in [4.78, 5) is 12.7. The summed E-state index contributed by atoms with van der Waals surface area (Å²) in [5, 5.41) is 7.28. The van der Waals surface area contributed by atoms with Gasteiger partial charge in [0, 0.05) is 18.1 Å². The summed E-state index contributed by atoms with van der Waals surface area (Å²) in [5.41, 5.74) is 3.33. The molecule has 1 fully saturated rings. The van der Waals surface area contributed by atoms with Crippen LogP contribution in [0.15, 0.2) is 54.6 Å². The SMILES string of the molecule is COc1ccccc1-c1cc(NC(=O)CCS(=O)(=O)C2CCCC2)n(-c2ccc(C)cc2)n1. The Morgan fingerprint density at radius 2 is 1.82 bits per heavy atom. The van der Waals surface area contributed by atoms with Gasteiger partial charge in [-0.3, -0.25) is 4.79 Å². The van der Waals surface area contributed by atoms with Gasteiger partial charge in [-0.25, -0.2) is 13.1 Å². The Morgan fingerprint density at radius 1 is 1.12 bits per heavy atom. The molecule has 0 spiro atoms. The zero-order valence-corrected chi connectivity index (χ0v) is 19.8. The summed E-state index contributed by atoms with van der Waals surface area (Å²) >= 11 is 0. The van der Waals surface area contributed by atoms with Crippen LogP contribution in [0.25, 0.3) is 16.9 Å². The Kier molecular flexibility index (Phi) is 6.83. The molecule has 0 radical (unpaired) electrons. The van der Waals surface area contributed by atoms with E-state index in [1.807, 2.05) is 55.5 Å². The fourth-order valence-electron chi connectivity index (χ4n) is 4.20. The van der Waals surface area contributed by atoms with Gasteiger partial charge in [-0.05, 0) is 44.0 Å². The molecule has 4 rings (SSSR count). The lowest BCUT2D eigenvalue weighted by Gasteiger charge is -2.12. The summed E-state index contributed by atoms with van der Waals surface area (Å²) in [7, 11) is -1.66. The first kappa shape index (κ1) is 23.0. The minimum Gasteiger partial charge on any atom is -0.496 e. The smallest absolute Gasteiger partial charge is 0.226 e. The normalized spacial score (nSPS) is 14.4. The molecule has 1 saturated carbocycles. The van der Waals surface area contributed by atoms with Crippen LogP contribution in [0, 0.1) is 6.92 Å². The maximum atomic E-state index is 12.7. The van der Waals surface area contributed by atoms with Crippen molar-refractivity contribution in [2.45, 2.75) is 44.3 Å². The maximum Gasteiger partial charge on any atom is 0.226 e. The lowest BCUT2D eigenvalue weighted by atomic mass is 10.1. The first-order valence-electron chi connectivity index (χ1n) is 11.2. The predicted octanol–water partition coefficient (Wildman–Crippen LogP) is 4.54. The molecule has 33 heavy (non-hydrogen) atoms. The minimum absolute atomic E-state index is 0.0814. The zero-order valence-electron chi connectivity index (χ0n) is 19.0. The van der Waals surface area contributed by atoms with E-state index < -0.39 is 9.84 Å². The van der Waals surface area contributed by atoms with Gasteiger partial charge < -0.3 is 10.1 Å². The van der Waals surface area contributed by atoms with E-state index in [0.717, 1.165) is 29.7 Å². The maximum absolute atomic E-state index is 12.7. The number of carbonyl (C=O) groups excluding carboxylic acids is 1. The Morgan fingerprint density at radius 3 is 2.52 bits per heavy atom. The Bertz CT molecular complexity index is 1230. The Hall–Kier alpha value is -3.13. The molecule has 0 atom stereocenters. The van der Waals surface area contributed by atoms with E-state index in [1.165, 1.54) is 0 Å². The van der Waals surface area contributed by atoms with Crippen LogP contribution in [0.5, 0.6) is 5.75 Å². The molecule has 0 unspecified atom stereocenters. The van der Waals surface area contributed by atoms with Crippen molar-refractivity contribution in [1.29, 1.82) is 0 Å². The molecule has 1 amide bonds. The van der Waals surface area contributed by atoms with Crippen LogP contribution in [0.3, 0.4) is 0 Å². The summed E-state index contributed by atoms with van der Waals surface area (Å²) in [5.74, 6) is 0.660. The third-order valence-corrected chi connectivity index (χ3v) is 8.32. The molecule has 174 valence electrons. The molecule has 3 aromatic rings. The number of aromatic nitrogens is 2. The molecule has 1 aliphatic carbocycles. The molecule has 8 heteroatoms. The van der Waals surface area contributed by atoms with Crippen molar-refractivity contribution < 1.29 is 17.9 Å². The number of nitrogens with zero attached hydrogens (tertiary/aromatic N) is 2. The van der Waals surface area contributed by atoms with Crippen LogP contribution in [-0.4, -0.2) is 42.2 Å². The second-order valence-corrected chi connectivity index (χ2v) is 10.8. The lowest BCUT2D eigenvalue weighted by Crippen LogP contribution is -2.25. The number of carbonyl (C=O) groups is 1. The van der Waals surface area contributed by atoms with Crippen molar-refractivity contribution in [1.82, 2.24) is 9.78 Å². The second-order valence-electron chi connectivity index (χ2n) is 8.43. The number of methoxy groups -OCH3 is 1. The van der Waals surface area contributed by atoms with Gasteiger partial charge in [-0.2, -0.15) is 5.10 Å². The highest BCUT2D eigenvalue weighted by Gasteiger charge is 2.29. The number of benzene rings is 2. The van der Waals surface area contributed by atoms with Gasteiger partial charge >= 0.3 is 0 Å². The molecule has 0 saturated heterocycles. The number of aryl methyl sites for hydroxylation is 1. The highest BCUT2D eigenvalue weighted by Crippen LogP contribution is 2.32. The zero-order chi connectivity index (χ0) is 23.4. The van der Waals surface area contributed by atoms with Gasteiger partial charge in [0.15, 0.2) is 9.84 Å². The van der Waals surface area contributed by atoms with E-state index in [4.69, 9.17) is 9.84 Å². The molecular formula is C25H29N3O4S. The summed E-state index contributed by atoms with van der Waals surface area (Å²) < 4.78 is 32.2. The Balaban J connectivity index is 1.60. The van der Waals surface area contributed by atoms with Crippen molar-refractivity contribution >= 4 is 21.6 Å². The van der Waals surface area contributed by atoms with Crippen molar-refractivity contribution in [3.05, 3.63) is 60.2 Å². The van der Waals surface area contributed by atoms with E-state index in [9.17, 15) is 13.2 Å². The van der Waals surface area contributed by atoms with Crippen LogP contribution >= 0.6 is 0 Å². The molecular weight excluding hydrogens is 438 g/mol. The van der Waals surface area contributed by atoms with Crippen LogP contribution in [-0.2, 0) is 14.6 Å². The summed E-state index contributed by atoms with van der Waals surface area (Å²) in [6.45, 7) is 2.00. The third kappa shape index (κ3) is 5.27. The monoisotopic (exact) mass is 467 g/mol. The largest absolute Gasteiger partial charge is 0.496 e. The van der Waals surface area contributed by atoms with Crippen molar-refractivity contribution in [3.8, 4) is 22.7 Å².